The Hall–Kier alpha value is -1.13. The summed E-state index contributed by atoms with van der Waals surface area (Å²) in [5.41, 5.74) is 5.52. The largest absolute Gasteiger partial charge is 0.331 e. The lowest BCUT2D eigenvalue weighted by molar-refractivity contribution is 0.196. The fourth-order valence-corrected chi connectivity index (χ4v) is 2.25. The molecular formula is C13H19N3S. The highest BCUT2D eigenvalue weighted by Gasteiger charge is 2.10. The molecule has 1 aliphatic rings. The number of benzene rings is 1. The van der Waals surface area contributed by atoms with E-state index in [4.69, 9.17) is 12.2 Å². The second-order valence-corrected chi connectivity index (χ2v) is 4.84. The van der Waals surface area contributed by atoms with Gasteiger partial charge in [-0.25, -0.2) is 5.01 Å². The third-order valence-electron chi connectivity index (χ3n) is 3.01. The van der Waals surface area contributed by atoms with Crippen molar-refractivity contribution in [3.63, 3.8) is 0 Å². The summed E-state index contributed by atoms with van der Waals surface area (Å²) in [5, 5.41) is 6.11. The number of hydrazine groups is 1. The van der Waals surface area contributed by atoms with Crippen LogP contribution in [0.4, 0.5) is 5.69 Å². The van der Waals surface area contributed by atoms with Crippen molar-refractivity contribution >= 4 is 23.0 Å². The van der Waals surface area contributed by atoms with Gasteiger partial charge in [0.1, 0.15) is 0 Å². The summed E-state index contributed by atoms with van der Waals surface area (Å²) in [6.07, 6.45) is 3.83. The van der Waals surface area contributed by atoms with Crippen LogP contribution in [0.25, 0.3) is 0 Å². The first-order valence-electron chi connectivity index (χ1n) is 6.14. The molecule has 1 aliphatic heterocycles. The average Bonchev–Trinajstić information content (AvgIpc) is 2.33. The van der Waals surface area contributed by atoms with E-state index in [1.54, 1.807) is 0 Å². The number of nitrogens with zero attached hydrogens (tertiary/aromatic N) is 1. The number of hydrogen-bond donors (Lipinski definition) is 2. The Balaban J connectivity index is 1.86. The molecule has 0 atom stereocenters. The number of thiocarbonyl (C=S) groups is 1. The van der Waals surface area contributed by atoms with Crippen LogP contribution in [0.2, 0.25) is 0 Å². The van der Waals surface area contributed by atoms with Crippen LogP contribution in [0.1, 0.15) is 24.8 Å². The van der Waals surface area contributed by atoms with Gasteiger partial charge in [0.25, 0.3) is 0 Å². The Morgan fingerprint density at radius 1 is 1.18 bits per heavy atom. The first-order valence-corrected chi connectivity index (χ1v) is 6.55. The van der Waals surface area contributed by atoms with Gasteiger partial charge in [0.2, 0.25) is 0 Å². The number of rotatable bonds is 2. The number of piperidine rings is 1. The molecule has 0 spiro atoms. The summed E-state index contributed by atoms with van der Waals surface area (Å²) in [5.74, 6) is 0. The van der Waals surface area contributed by atoms with E-state index in [1.807, 2.05) is 18.2 Å². The minimum absolute atomic E-state index is 0.682. The average molecular weight is 249 g/mol. The van der Waals surface area contributed by atoms with E-state index in [1.165, 1.54) is 24.8 Å². The first kappa shape index (κ1) is 12.3. The third kappa shape index (κ3) is 3.68. The first-order chi connectivity index (χ1) is 8.25. The maximum atomic E-state index is 5.31. The third-order valence-corrected chi connectivity index (χ3v) is 3.20. The minimum atomic E-state index is 0.682. The quantitative estimate of drug-likeness (QED) is 0.788. The lowest BCUT2D eigenvalue weighted by atomic mass is 10.2. The zero-order valence-corrected chi connectivity index (χ0v) is 11.0. The van der Waals surface area contributed by atoms with Crippen molar-refractivity contribution in [3.8, 4) is 0 Å². The molecule has 0 unspecified atom stereocenters. The van der Waals surface area contributed by atoms with E-state index in [0.29, 0.717) is 5.11 Å². The SMILES string of the molecule is Cc1ccccc1NC(=S)NN1CCCCC1. The van der Waals surface area contributed by atoms with Gasteiger partial charge < -0.3 is 5.32 Å². The lowest BCUT2D eigenvalue weighted by Gasteiger charge is -2.28. The molecule has 0 radical (unpaired) electrons. The Morgan fingerprint density at radius 2 is 1.88 bits per heavy atom. The zero-order valence-electron chi connectivity index (χ0n) is 10.2. The molecule has 17 heavy (non-hydrogen) atoms. The summed E-state index contributed by atoms with van der Waals surface area (Å²) in [7, 11) is 0. The van der Waals surface area contributed by atoms with E-state index in [2.05, 4.69) is 28.7 Å². The molecule has 0 amide bonds. The maximum Gasteiger partial charge on any atom is 0.185 e. The van der Waals surface area contributed by atoms with Crippen molar-refractivity contribution in [2.75, 3.05) is 18.4 Å². The number of para-hydroxylation sites is 1. The van der Waals surface area contributed by atoms with Gasteiger partial charge in [-0.15, -0.1) is 0 Å². The highest BCUT2D eigenvalue weighted by atomic mass is 32.1. The van der Waals surface area contributed by atoms with E-state index >= 15 is 0 Å². The molecule has 2 N–H and O–H groups in total. The lowest BCUT2D eigenvalue weighted by Crippen LogP contribution is -2.46. The van der Waals surface area contributed by atoms with Crippen molar-refractivity contribution in [1.82, 2.24) is 10.4 Å². The Morgan fingerprint density at radius 3 is 2.59 bits per heavy atom. The van der Waals surface area contributed by atoms with Crippen molar-refractivity contribution in [2.45, 2.75) is 26.2 Å². The van der Waals surface area contributed by atoms with Crippen molar-refractivity contribution < 1.29 is 0 Å². The van der Waals surface area contributed by atoms with Crippen LogP contribution >= 0.6 is 12.2 Å². The van der Waals surface area contributed by atoms with Crippen LogP contribution in [-0.2, 0) is 0 Å². The molecule has 4 heteroatoms. The molecule has 0 aliphatic carbocycles. The van der Waals surface area contributed by atoms with Gasteiger partial charge in [0.05, 0.1) is 0 Å². The van der Waals surface area contributed by atoms with Crippen LogP contribution in [0.15, 0.2) is 24.3 Å². The molecular weight excluding hydrogens is 230 g/mol. The number of aryl methyl sites for hydroxylation is 1. The maximum absolute atomic E-state index is 5.31. The molecule has 1 heterocycles. The van der Waals surface area contributed by atoms with Gasteiger partial charge in [-0.05, 0) is 43.6 Å². The molecule has 0 bridgehead atoms. The van der Waals surface area contributed by atoms with Crippen LogP contribution in [0, 0.1) is 6.92 Å². The predicted molar refractivity (Wildman–Crippen MR) is 76.0 cm³/mol. The molecule has 0 saturated carbocycles. The zero-order chi connectivity index (χ0) is 12.1. The van der Waals surface area contributed by atoms with Gasteiger partial charge in [-0.2, -0.15) is 0 Å². The highest BCUT2D eigenvalue weighted by Crippen LogP contribution is 2.13. The Kier molecular flexibility index (Phi) is 4.34. The summed E-state index contributed by atoms with van der Waals surface area (Å²) < 4.78 is 0. The monoisotopic (exact) mass is 249 g/mol. The summed E-state index contributed by atoms with van der Waals surface area (Å²) in [4.78, 5) is 0. The number of nitrogens with one attached hydrogen (secondary N) is 2. The van der Waals surface area contributed by atoms with Gasteiger partial charge in [0, 0.05) is 18.8 Å². The van der Waals surface area contributed by atoms with Gasteiger partial charge in [-0.3, -0.25) is 5.43 Å². The molecule has 1 aromatic carbocycles. The molecule has 2 rings (SSSR count). The Labute approximate surface area is 108 Å². The molecule has 92 valence electrons. The fraction of sp³-hybridized carbons (Fsp3) is 0.462. The molecule has 1 aromatic rings. The van der Waals surface area contributed by atoms with E-state index in [0.717, 1.165) is 18.8 Å². The smallest absolute Gasteiger partial charge is 0.185 e. The van der Waals surface area contributed by atoms with E-state index in [-0.39, 0.29) is 0 Å². The minimum Gasteiger partial charge on any atom is -0.331 e. The Bertz CT molecular complexity index is 386. The molecule has 1 saturated heterocycles. The molecule has 1 fully saturated rings. The number of hydrogen-bond acceptors (Lipinski definition) is 2. The molecule has 3 nitrogen and oxygen atoms in total. The van der Waals surface area contributed by atoms with Crippen molar-refractivity contribution in [1.29, 1.82) is 0 Å². The normalized spacial score (nSPS) is 16.5. The van der Waals surface area contributed by atoms with E-state index < -0.39 is 0 Å². The van der Waals surface area contributed by atoms with Crippen LogP contribution in [-0.4, -0.2) is 23.2 Å². The van der Waals surface area contributed by atoms with Gasteiger partial charge in [-0.1, -0.05) is 24.6 Å². The molecule has 0 aromatic heterocycles. The predicted octanol–water partition coefficient (Wildman–Crippen LogP) is 2.68. The van der Waals surface area contributed by atoms with Crippen molar-refractivity contribution in [3.05, 3.63) is 29.8 Å². The fourth-order valence-electron chi connectivity index (χ4n) is 2.01. The van der Waals surface area contributed by atoms with Gasteiger partial charge >= 0.3 is 0 Å². The summed E-state index contributed by atoms with van der Waals surface area (Å²) in [6.45, 7) is 4.23. The summed E-state index contributed by atoms with van der Waals surface area (Å²) in [6, 6.07) is 8.16. The van der Waals surface area contributed by atoms with Crippen molar-refractivity contribution in [2.24, 2.45) is 0 Å². The standard InChI is InChI=1S/C13H19N3S/c1-11-7-3-4-8-12(11)14-13(17)15-16-9-5-2-6-10-16/h3-4,7-8H,2,5-6,9-10H2,1H3,(H2,14,15,17). The van der Waals surface area contributed by atoms with E-state index in [9.17, 15) is 0 Å². The summed E-state index contributed by atoms with van der Waals surface area (Å²) >= 11 is 5.31. The highest BCUT2D eigenvalue weighted by molar-refractivity contribution is 7.80. The van der Waals surface area contributed by atoms with Gasteiger partial charge in [0.15, 0.2) is 5.11 Å². The second-order valence-electron chi connectivity index (χ2n) is 4.43. The number of anilines is 1. The van der Waals surface area contributed by atoms with Crippen LogP contribution < -0.4 is 10.7 Å². The second kappa shape index (κ2) is 5.98. The van der Waals surface area contributed by atoms with Crippen LogP contribution in [0.5, 0.6) is 0 Å². The topological polar surface area (TPSA) is 27.3 Å². The van der Waals surface area contributed by atoms with Crippen LogP contribution in [0.3, 0.4) is 0 Å².